The van der Waals surface area contributed by atoms with Gasteiger partial charge in [0.05, 0.1) is 17.7 Å². The number of nitrogens with one attached hydrogen (secondary N) is 1. The smallest absolute Gasteiger partial charge is 0.255 e. The average Bonchev–Trinajstić information content (AvgIpc) is 2.47. The predicted molar refractivity (Wildman–Crippen MR) is 90.9 cm³/mol. The molecule has 2 aromatic carbocycles. The molecule has 0 saturated heterocycles. The molecule has 2 aromatic rings. The van der Waals surface area contributed by atoms with Crippen LogP contribution >= 0.6 is 15.9 Å². The van der Waals surface area contributed by atoms with E-state index in [0.717, 1.165) is 4.47 Å². The molecule has 22 heavy (non-hydrogen) atoms. The molecule has 0 aliphatic heterocycles. The number of ether oxygens (including phenoxy) is 2. The molecule has 0 aromatic heterocycles. The number of hydrogen-bond donors (Lipinski definition) is 1. The fourth-order valence-electron chi connectivity index (χ4n) is 1.93. The fourth-order valence-corrected chi connectivity index (χ4v) is 2.47. The molecule has 1 N–H and O–H groups in total. The summed E-state index contributed by atoms with van der Waals surface area (Å²) in [5.74, 6) is 1.20. The van der Waals surface area contributed by atoms with Crippen molar-refractivity contribution < 1.29 is 14.3 Å². The minimum Gasteiger partial charge on any atom is -0.496 e. The maximum Gasteiger partial charge on any atom is 0.255 e. The Labute approximate surface area is 138 Å². The Morgan fingerprint density at radius 3 is 2.59 bits per heavy atom. The highest BCUT2D eigenvalue weighted by Gasteiger charge is 2.09. The van der Waals surface area contributed by atoms with Crippen molar-refractivity contribution in [3.05, 3.63) is 52.5 Å². The van der Waals surface area contributed by atoms with Gasteiger partial charge in [-0.1, -0.05) is 6.07 Å². The molecule has 116 valence electrons. The first kappa shape index (κ1) is 16.4. The summed E-state index contributed by atoms with van der Waals surface area (Å²) in [5.41, 5.74) is 1.23. The predicted octanol–water partition coefficient (Wildman–Crippen LogP) is 4.50. The monoisotopic (exact) mass is 363 g/mol. The maximum absolute atomic E-state index is 12.3. The van der Waals surface area contributed by atoms with E-state index in [-0.39, 0.29) is 12.0 Å². The van der Waals surface area contributed by atoms with E-state index < -0.39 is 0 Å². The van der Waals surface area contributed by atoms with E-state index in [1.807, 2.05) is 19.9 Å². The molecule has 0 fully saturated rings. The SMILES string of the molecule is COc1ccc(NC(=O)c2cccc(OC(C)C)c2)cc1Br. The molecule has 0 saturated carbocycles. The van der Waals surface area contributed by atoms with Gasteiger partial charge in [-0.15, -0.1) is 0 Å². The standard InChI is InChI=1S/C17H18BrNO3/c1-11(2)22-14-6-4-5-12(9-14)17(20)19-13-7-8-16(21-3)15(18)10-13/h4-11H,1-3H3,(H,19,20). The fraction of sp³-hybridized carbons (Fsp3) is 0.235. The highest BCUT2D eigenvalue weighted by Crippen LogP contribution is 2.28. The molecule has 0 atom stereocenters. The van der Waals surface area contributed by atoms with Crippen LogP contribution < -0.4 is 14.8 Å². The molecule has 0 bridgehead atoms. The highest BCUT2D eigenvalue weighted by molar-refractivity contribution is 9.10. The summed E-state index contributed by atoms with van der Waals surface area (Å²) in [5, 5.41) is 2.85. The number of rotatable bonds is 5. The van der Waals surface area contributed by atoms with Gasteiger partial charge in [0.25, 0.3) is 5.91 Å². The molecule has 2 rings (SSSR count). The quantitative estimate of drug-likeness (QED) is 0.850. The minimum absolute atomic E-state index is 0.0656. The van der Waals surface area contributed by atoms with Gasteiger partial charge in [-0.3, -0.25) is 4.79 Å². The molecule has 0 unspecified atom stereocenters. The van der Waals surface area contributed by atoms with Crippen LogP contribution in [0.1, 0.15) is 24.2 Å². The van der Waals surface area contributed by atoms with E-state index in [9.17, 15) is 4.79 Å². The number of hydrogen-bond acceptors (Lipinski definition) is 3. The lowest BCUT2D eigenvalue weighted by atomic mass is 10.2. The van der Waals surface area contributed by atoms with Crippen molar-refractivity contribution in [3.63, 3.8) is 0 Å². The lowest BCUT2D eigenvalue weighted by molar-refractivity contribution is 0.102. The minimum atomic E-state index is -0.189. The molecule has 0 spiro atoms. The maximum atomic E-state index is 12.3. The zero-order valence-corrected chi connectivity index (χ0v) is 14.3. The van der Waals surface area contributed by atoms with Gasteiger partial charge in [-0.25, -0.2) is 0 Å². The van der Waals surface area contributed by atoms with Gasteiger partial charge in [0.15, 0.2) is 0 Å². The second-order valence-corrected chi connectivity index (χ2v) is 5.85. The lowest BCUT2D eigenvalue weighted by Crippen LogP contribution is -2.12. The van der Waals surface area contributed by atoms with Crippen LogP contribution in [0, 0.1) is 0 Å². The van der Waals surface area contributed by atoms with E-state index in [0.29, 0.717) is 22.7 Å². The van der Waals surface area contributed by atoms with Crippen LogP contribution in [0.25, 0.3) is 0 Å². The molecule has 5 heteroatoms. The topological polar surface area (TPSA) is 47.6 Å². The Hall–Kier alpha value is -2.01. The van der Waals surface area contributed by atoms with Gasteiger partial charge in [0.1, 0.15) is 11.5 Å². The molecule has 0 heterocycles. The Balaban J connectivity index is 2.13. The van der Waals surface area contributed by atoms with Gasteiger partial charge in [0.2, 0.25) is 0 Å². The first-order valence-corrected chi connectivity index (χ1v) is 7.70. The third-order valence-electron chi connectivity index (χ3n) is 2.88. The van der Waals surface area contributed by atoms with Gasteiger partial charge in [0, 0.05) is 11.3 Å². The molecular formula is C17H18BrNO3. The van der Waals surface area contributed by atoms with Crippen LogP contribution in [0.3, 0.4) is 0 Å². The van der Waals surface area contributed by atoms with Crippen LogP contribution in [0.5, 0.6) is 11.5 Å². The molecule has 0 aliphatic rings. The molecule has 1 amide bonds. The van der Waals surface area contributed by atoms with Gasteiger partial charge >= 0.3 is 0 Å². The first-order valence-electron chi connectivity index (χ1n) is 6.91. The van der Waals surface area contributed by atoms with Crippen molar-refractivity contribution in [2.45, 2.75) is 20.0 Å². The Morgan fingerprint density at radius 2 is 1.95 bits per heavy atom. The summed E-state index contributed by atoms with van der Waals surface area (Å²) >= 11 is 3.40. The van der Waals surface area contributed by atoms with Crippen molar-refractivity contribution >= 4 is 27.5 Å². The van der Waals surface area contributed by atoms with Crippen LogP contribution in [-0.2, 0) is 0 Å². The van der Waals surface area contributed by atoms with Gasteiger partial charge in [-0.05, 0) is 66.2 Å². The summed E-state index contributed by atoms with van der Waals surface area (Å²) in [7, 11) is 1.60. The van der Waals surface area contributed by atoms with E-state index in [2.05, 4.69) is 21.2 Å². The highest BCUT2D eigenvalue weighted by atomic mass is 79.9. The average molecular weight is 364 g/mol. The largest absolute Gasteiger partial charge is 0.496 e. The number of carbonyl (C=O) groups excluding carboxylic acids is 1. The molecule has 4 nitrogen and oxygen atoms in total. The van der Waals surface area contributed by atoms with Crippen molar-refractivity contribution in [1.82, 2.24) is 0 Å². The number of anilines is 1. The Morgan fingerprint density at radius 1 is 1.18 bits per heavy atom. The Kier molecular flexibility index (Phi) is 5.44. The summed E-state index contributed by atoms with van der Waals surface area (Å²) in [6.45, 7) is 3.89. The van der Waals surface area contributed by atoms with Crippen molar-refractivity contribution in [2.24, 2.45) is 0 Å². The van der Waals surface area contributed by atoms with Gasteiger partial charge in [-0.2, -0.15) is 0 Å². The third kappa shape index (κ3) is 4.24. The van der Waals surface area contributed by atoms with E-state index >= 15 is 0 Å². The van der Waals surface area contributed by atoms with E-state index in [1.54, 1.807) is 43.5 Å². The van der Waals surface area contributed by atoms with Crippen LogP contribution in [0.15, 0.2) is 46.9 Å². The first-order chi connectivity index (χ1) is 10.5. The van der Waals surface area contributed by atoms with Crippen LogP contribution in [-0.4, -0.2) is 19.1 Å². The second-order valence-electron chi connectivity index (χ2n) is 5.00. The van der Waals surface area contributed by atoms with Crippen molar-refractivity contribution in [3.8, 4) is 11.5 Å². The van der Waals surface area contributed by atoms with Crippen LogP contribution in [0.2, 0.25) is 0 Å². The number of benzene rings is 2. The lowest BCUT2D eigenvalue weighted by Gasteiger charge is -2.11. The van der Waals surface area contributed by atoms with Crippen molar-refractivity contribution in [2.75, 3.05) is 12.4 Å². The van der Waals surface area contributed by atoms with Crippen molar-refractivity contribution in [1.29, 1.82) is 0 Å². The summed E-state index contributed by atoms with van der Waals surface area (Å²) in [4.78, 5) is 12.3. The summed E-state index contributed by atoms with van der Waals surface area (Å²) in [6.07, 6.45) is 0.0656. The second kappa shape index (κ2) is 7.31. The normalized spacial score (nSPS) is 10.4. The zero-order chi connectivity index (χ0) is 16.1. The van der Waals surface area contributed by atoms with E-state index in [4.69, 9.17) is 9.47 Å². The molecular weight excluding hydrogens is 346 g/mol. The molecule has 0 aliphatic carbocycles. The van der Waals surface area contributed by atoms with Gasteiger partial charge < -0.3 is 14.8 Å². The number of carbonyl (C=O) groups is 1. The summed E-state index contributed by atoms with van der Waals surface area (Å²) in [6, 6.07) is 12.5. The Bertz CT molecular complexity index is 671. The van der Waals surface area contributed by atoms with E-state index in [1.165, 1.54) is 0 Å². The zero-order valence-electron chi connectivity index (χ0n) is 12.7. The number of amides is 1. The third-order valence-corrected chi connectivity index (χ3v) is 3.50. The van der Waals surface area contributed by atoms with Crippen LogP contribution in [0.4, 0.5) is 5.69 Å². The number of methoxy groups -OCH3 is 1. The molecule has 0 radical (unpaired) electrons. The summed E-state index contributed by atoms with van der Waals surface area (Å²) < 4.78 is 11.5. The number of halogens is 1.